The second-order valence-electron chi connectivity index (χ2n) is 3.84. The van der Waals surface area contributed by atoms with Crippen LogP contribution in [-0.4, -0.2) is 44.7 Å². The van der Waals surface area contributed by atoms with E-state index in [9.17, 15) is 9.59 Å². The fourth-order valence-corrected chi connectivity index (χ4v) is 3.46. The third-order valence-corrected chi connectivity index (χ3v) is 4.62. The Kier molecular flexibility index (Phi) is 4.07. The molecule has 0 bridgehead atoms. The lowest BCUT2D eigenvalue weighted by molar-refractivity contribution is -0.140. The van der Waals surface area contributed by atoms with Crippen molar-refractivity contribution in [2.24, 2.45) is 0 Å². The van der Waals surface area contributed by atoms with Gasteiger partial charge in [0.1, 0.15) is 6.04 Å². The Labute approximate surface area is 112 Å². The highest BCUT2D eigenvalue weighted by Crippen LogP contribution is 2.21. The van der Waals surface area contributed by atoms with Crippen molar-refractivity contribution in [1.29, 1.82) is 0 Å². The molecule has 18 heavy (non-hydrogen) atoms. The van der Waals surface area contributed by atoms with Gasteiger partial charge in [0.2, 0.25) is 0 Å². The van der Waals surface area contributed by atoms with Gasteiger partial charge in [-0.25, -0.2) is 14.6 Å². The number of aromatic nitrogens is 1. The largest absolute Gasteiger partial charge is 0.480 e. The van der Waals surface area contributed by atoms with Crippen molar-refractivity contribution < 1.29 is 14.7 Å². The minimum Gasteiger partial charge on any atom is -0.480 e. The smallest absolute Gasteiger partial charge is 0.327 e. The molecule has 1 aromatic rings. The first kappa shape index (κ1) is 13.2. The van der Waals surface area contributed by atoms with Gasteiger partial charge in [0.25, 0.3) is 0 Å². The van der Waals surface area contributed by atoms with Crippen LogP contribution in [0.5, 0.6) is 0 Å². The SMILES string of the molecule is Cc1ncsc1CNC(=O)N1CSCC1C(=O)O. The normalized spacial score (nSPS) is 18.9. The average Bonchev–Trinajstić information content (AvgIpc) is 2.94. The van der Waals surface area contributed by atoms with E-state index in [1.54, 1.807) is 5.51 Å². The minimum atomic E-state index is -0.955. The number of urea groups is 1. The van der Waals surface area contributed by atoms with Gasteiger partial charge in [-0.3, -0.25) is 0 Å². The van der Waals surface area contributed by atoms with Crippen molar-refractivity contribution in [1.82, 2.24) is 15.2 Å². The Morgan fingerprint density at radius 3 is 3.06 bits per heavy atom. The van der Waals surface area contributed by atoms with Gasteiger partial charge >= 0.3 is 12.0 Å². The van der Waals surface area contributed by atoms with Gasteiger partial charge in [-0.15, -0.1) is 23.1 Å². The number of hydrogen-bond donors (Lipinski definition) is 2. The van der Waals surface area contributed by atoms with E-state index < -0.39 is 12.0 Å². The van der Waals surface area contributed by atoms with E-state index >= 15 is 0 Å². The zero-order valence-corrected chi connectivity index (χ0v) is 11.4. The van der Waals surface area contributed by atoms with Crippen molar-refractivity contribution in [3.63, 3.8) is 0 Å². The quantitative estimate of drug-likeness (QED) is 0.870. The fourth-order valence-electron chi connectivity index (χ4n) is 1.60. The molecule has 1 unspecified atom stereocenters. The number of carbonyl (C=O) groups excluding carboxylic acids is 1. The number of amides is 2. The number of carboxylic acid groups (broad SMARTS) is 1. The zero-order chi connectivity index (χ0) is 13.1. The molecule has 0 saturated carbocycles. The highest BCUT2D eigenvalue weighted by atomic mass is 32.2. The van der Waals surface area contributed by atoms with Crippen LogP contribution in [0, 0.1) is 6.92 Å². The van der Waals surface area contributed by atoms with Gasteiger partial charge in [-0.2, -0.15) is 0 Å². The van der Waals surface area contributed by atoms with E-state index in [1.165, 1.54) is 28.0 Å². The first-order valence-corrected chi connectivity index (χ1v) is 7.37. The molecule has 1 saturated heterocycles. The Balaban J connectivity index is 1.92. The molecule has 1 aliphatic heterocycles. The molecule has 1 aromatic heterocycles. The molecule has 0 radical (unpaired) electrons. The molecule has 8 heteroatoms. The predicted molar refractivity (Wildman–Crippen MR) is 69.7 cm³/mol. The van der Waals surface area contributed by atoms with E-state index in [1.807, 2.05) is 6.92 Å². The molecular formula is C10H13N3O3S2. The third-order valence-electron chi connectivity index (χ3n) is 2.67. The molecule has 0 aromatic carbocycles. The number of hydrogen-bond acceptors (Lipinski definition) is 5. The maximum absolute atomic E-state index is 11.9. The van der Waals surface area contributed by atoms with Crippen LogP contribution >= 0.6 is 23.1 Å². The molecule has 0 aliphatic carbocycles. The number of carbonyl (C=O) groups is 2. The van der Waals surface area contributed by atoms with Crippen LogP contribution in [0.2, 0.25) is 0 Å². The van der Waals surface area contributed by atoms with Crippen LogP contribution in [0.25, 0.3) is 0 Å². The number of aliphatic carboxylic acids is 1. The number of aryl methyl sites for hydroxylation is 1. The van der Waals surface area contributed by atoms with Crippen LogP contribution in [0.15, 0.2) is 5.51 Å². The Bertz CT molecular complexity index is 463. The van der Waals surface area contributed by atoms with Crippen molar-refractivity contribution in [2.75, 3.05) is 11.6 Å². The zero-order valence-electron chi connectivity index (χ0n) is 9.75. The summed E-state index contributed by atoms with van der Waals surface area (Å²) in [5.41, 5.74) is 2.62. The lowest BCUT2D eigenvalue weighted by Crippen LogP contribution is -2.46. The van der Waals surface area contributed by atoms with Crippen LogP contribution < -0.4 is 5.32 Å². The van der Waals surface area contributed by atoms with Crippen LogP contribution in [0.1, 0.15) is 10.6 Å². The van der Waals surface area contributed by atoms with Crippen molar-refractivity contribution in [3.05, 3.63) is 16.1 Å². The standard InChI is InChI=1S/C10H13N3O3S2/c1-6-8(18-4-12-6)2-11-10(16)13-5-17-3-7(13)9(14)15/h4,7H,2-3,5H2,1H3,(H,11,16)(H,14,15). The molecule has 2 amide bonds. The lowest BCUT2D eigenvalue weighted by Gasteiger charge is -2.20. The first-order valence-electron chi connectivity index (χ1n) is 5.33. The van der Waals surface area contributed by atoms with Gasteiger partial charge in [0, 0.05) is 10.6 Å². The van der Waals surface area contributed by atoms with Gasteiger partial charge in [-0.1, -0.05) is 0 Å². The summed E-state index contributed by atoms with van der Waals surface area (Å²) >= 11 is 2.92. The van der Waals surface area contributed by atoms with Crippen molar-refractivity contribution in [2.45, 2.75) is 19.5 Å². The molecule has 6 nitrogen and oxygen atoms in total. The molecule has 1 atom stereocenters. The molecular weight excluding hydrogens is 274 g/mol. The summed E-state index contributed by atoms with van der Waals surface area (Å²) in [6, 6.07) is -1.06. The third kappa shape index (κ3) is 2.75. The summed E-state index contributed by atoms with van der Waals surface area (Å²) in [5.74, 6) is -0.0866. The van der Waals surface area contributed by atoms with Gasteiger partial charge in [0.05, 0.1) is 23.6 Å². The van der Waals surface area contributed by atoms with E-state index in [2.05, 4.69) is 10.3 Å². The number of nitrogens with zero attached hydrogens (tertiary/aromatic N) is 2. The second-order valence-corrected chi connectivity index (χ2v) is 5.78. The first-order chi connectivity index (χ1) is 8.59. The van der Waals surface area contributed by atoms with Crippen LogP contribution in [-0.2, 0) is 11.3 Å². The number of carboxylic acids is 1. The highest BCUT2D eigenvalue weighted by Gasteiger charge is 2.34. The lowest BCUT2D eigenvalue weighted by atomic mass is 10.3. The van der Waals surface area contributed by atoms with E-state index in [0.29, 0.717) is 18.2 Å². The average molecular weight is 287 g/mol. The van der Waals surface area contributed by atoms with Gasteiger partial charge in [-0.05, 0) is 6.92 Å². The molecule has 2 rings (SSSR count). The summed E-state index contributed by atoms with van der Waals surface area (Å²) in [6.07, 6.45) is 0. The second kappa shape index (κ2) is 5.57. The van der Waals surface area contributed by atoms with E-state index in [0.717, 1.165) is 10.6 Å². The number of nitrogens with one attached hydrogen (secondary N) is 1. The van der Waals surface area contributed by atoms with E-state index in [4.69, 9.17) is 5.11 Å². The Hall–Kier alpha value is -1.28. The summed E-state index contributed by atoms with van der Waals surface area (Å²) in [4.78, 5) is 29.3. The maximum Gasteiger partial charge on any atom is 0.327 e. The van der Waals surface area contributed by atoms with Gasteiger partial charge in [0.15, 0.2) is 0 Å². The summed E-state index contributed by atoms with van der Waals surface area (Å²) < 4.78 is 0. The molecule has 98 valence electrons. The van der Waals surface area contributed by atoms with Crippen molar-refractivity contribution in [3.8, 4) is 0 Å². The molecule has 2 N–H and O–H groups in total. The minimum absolute atomic E-state index is 0.333. The van der Waals surface area contributed by atoms with Gasteiger partial charge < -0.3 is 15.3 Å². The van der Waals surface area contributed by atoms with Crippen molar-refractivity contribution >= 4 is 35.1 Å². The number of rotatable bonds is 3. The summed E-state index contributed by atoms with van der Waals surface area (Å²) in [7, 11) is 0. The Morgan fingerprint density at radius 1 is 1.67 bits per heavy atom. The fraction of sp³-hybridized carbons (Fsp3) is 0.500. The predicted octanol–water partition coefficient (Wildman–Crippen LogP) is 1.12. The number of thiazole rings is 1. The molecule has 1 fully saturated rings. The summed E-state index contributed by atoms with van der Waals surface area (Å²) in [6.45, 7) is 2.27. The topological polar surface area (TPSA) is 82.5 Å². The van der Waals surface area contributed by atoms with Crippen LogP contribution in [0.3, 0.4) is 0 Å². The van der Waals surface area contributed by atoms with Crippen LogP contribution in [0.4, 0.5) is 4.79 Å². The molecule has 1 aliphatic rings. The highest BCUT2D eigenvalue weighted by molar-refractivity contribution is 7.99. The Morgan fingerprint density at radius 2 is 2.44 bits per heavy atom. The molecule has 2 heterocycles. The summed E-state index contributed by atoms with van der Waals surface area (Å²) in [5, 5.41) is 11.7. The molecule has 0 spiro atoms. The monoisotopic (exact) mass is 287 g/mol. The van der Waals surface area contributed by atoms with E-state index in [-0.39, 0.29) is 6.03 Å². The maximum atomic E-state index is 11.9. The number of thioether (sulfide) groups is 1.